The fraction of sp³-hybridized carbons (Fsp3) is 0.483. The molecule has 0 aromatic heterocycles. The van der Waals surface area contributed by atoms with Crippen LogP contribution in [-0.4, -0.2) is 40.5 Å². The number of nitrogens with one attached hydrogen (secondary N) is 1. The molecule has 1 aromatic rings. The van der Waals surface area contributed by atoms with E-state index in [-0.39, 0.29) is 17.7 Å². The van der Waals surface area contributed by atoms with Crippen molar-refractivity contribution in [1.29, 1.82) is 0 Å². The van der Waals surface area contributed by atoms with Gasteiger partial charge in [-0.1, -0.05) is 75.8 Å². The summed E-state index contributed by atoms with van der Waals surface area (Å²) in [5.74, 6) is -2.88. The summed E-state index contributed by atoms with van der Waals surface area (Å²) in [6.45, 7) is 8.09. The van der Waals surface area contributed by atoms with E-state index in [4.69, 9.17) is 4.74 Å². The van der Waals surface area contributed by atoms with Gasteiger partial charge < -0.3 is 15.2 Å². The molecule has 0 radical (unpaired) electrons. The van der Waals surface area contributed by atoms with Crippen molar-refractivity contribution in [3.8, 4) is 0 Å². The molecule has 0 bridgehead atoms. The van der Waals surface area contributed by atoms with Crippen LogP contribution in [-0.2, 0) is 25.5 Å². The van der Waals surface area contributed by atoms with Crippen molar-refractivity contribution in [3.05, 3.63) is 72.4 Å². The van der Waals surface area contributed by atoms with E-state index in [0.29, 0.717) is 24.3 Å². The first-order valence-corrected chi connectivity index (χ1v) is 12.6. The normalized spacial score (nSPS) is 36.1. The standard InChI is InChI=1S/C29H35NO5/c1-18-9-7-13-22(31)15-16-25(32)35-29-23(14-8-10-18)27(33)20(3)19(2)26(29)24(30-28(29)34)17-21-11-5-4-6-12-21/h4-6,8,11-12,14-16,18-19,22-24,26,31H,3,7,9-10,13,17H2,1-2H3,(H,30,34). The van der Waals surface area contributed by atoms with Gasteiger partial charge in [0.15, 0.2) is 5.78 Å². The first-order chi connectivity index (χ1) is 16.7. The molecule has 6 heteroatoms. The number of amides is 1. The van der Waals surface area contributed by atoms with Crippen LogP contribution in [0.15, 0.2) is 66.8 Å². The molecule has 7 atom stereocenters. The van der Waals surface area contributed by atoms with Gasteiger partial charge in [0.2, 0.25) is 5.60 Å². The Morgan fingerprint density at radius 2 is 1.86 bits per heavy atom. The molecule has 6 nitrogen and oxygen atoms in total. The average Bonchev–Trinajstić information content (AvgIpc) is 3.09. The molecule has 1 aliphatic carbocycles. The highest BCUT2D eigenvalue weighted by Gasteiger charge is 2.68. The predicted molar refractivity (Wildman–Crippen MR) is 133 cm³/mol. The molecule has 186 valence electrons. The van der Waals surface area contributed by atoms with Crippen LogP contribution in [0.25, 0.3) is 0 Å². The molecule has 4 rings (SSSR count). The number of aliphatic hydroxyl groups excluding tert-OH is 1. The lowest BCUT2D eigenvalue weighted by atomic mass is 9.60. The van der Waals surface area contributed by atoms with Gasteiger partial charge in [0.05, 0.1) is 12.0 Å². The Hall–Kier alpha value is -2.99. The van der Waals surface area contributed by atoms with E-state index in [2.05, 4.69) is 18.8 Å². The Kier molecular flexibility index (Phi) is 7.41. The molecule has 2 aliphatic heterocycles. The van der Waals surface area contributed by atoms with Gasteiger partial charge in [-0.05, 0) is 48.3 Å². The van der Waals surface area contributed by atoms with Crippen LogP contribution < -0.4 is 5.32 Å². The largest absolute Gasteiger partial charge is 0.444 e. The zero-order chi connectivity index (χ0) is 25.2. The number of hydrogen-bond acceptors (Lipinski definition) is 5. The van der Waals surface area contributed by atoms with Crippen LogP contribution in [0, 0.1) is 23.7 Å². The number of rotatable bonds is 2. The van der Waals surface area contributed by atoms with Gasteiger partial charge in [-0.3, -0.25) is 9.59 Å². The molecule has 1 aromatic carbocycles. The van der Waals surface area contributed by atoms with Gasteiger partial charge in [0.25, 0.3) is 5.91 Å². The van der Waals surface area contributed by atoms with Crippen LogP contribution >= 0.6 is 0 Å². The van der Waals surface area contributed by atoms with Crippen LogP contribution in [0.2, 0.25) is 0 Å². The number of ether oxygens (including phenoxy) is 1. The van der Waals surface area contributed by atoms with Crippen LogP contribution in [0.1, 0.15) is 45.1 Å². The van der Waals surface area contributed by atoms with Crippen molar-refractivity contribution >= 4 is 17.7 Å². The zero-order valence-electron chi connectivity index (χ0n) is 20.5. The topological polar surface area (TPSA) is 92.7 Å². The second-order valence-electron chi connectivity index (χ2n) is 10.3. The first kappa shape index (κ1) is 25.1. The Morgan fingerprint density at radius 3 is 2.60 bits per heavy atom. The molecule has 1 saturated heterocycles. The number of Topliss-reactive ketones (excluding diaryl/α,β-unsaturated/α-hetero) is 1. The average molecular weight is 478 g/mol. The van der Waals surface area contributed by atoms with Crippen LogP contribution in [0.4, 0.5) is 0 Å². The molecule has 2 fully saturated rings. The number of carbonyl (C=O) groups excluding carboxylic acids is 3. The zero-order valence-corrected chi connectivity index (χ0v) is 20.5. The fourth-order valence-corrected chi connectivity index (χ4v) is 5.91. The summed E-state index contributed by atoms with van der Waals surface area (Å²) in [5, 5.41) is 13.3. The second kappa shape index (κ2) is 10.3. The molecule has 1 saturated carbocycles. The van der Waals surface area contributed by atoms with Crippen LogP contribution in [0.3, 0.4) is 0 Å². The Balaban J connectivity index is 1.79. The van der Waals surface area contributed by atoms with Gasteiger partial charge in [-0.2, -0.15) is 0 Å². The molecule has 1 amide bonds. The van der Waals surface area contributed by atoms with E-state index in [1.807, 2.05) is 43.3 Å². The molecule has 2 N–H and O–H groups in total. The summed E-state index contributed by atoms with van der Waals surface area (Å²) < 4.78 is 5.99. The van der Waals surface area contributed by atoms with E-state index >= 15 is 0 Å². The Bertz CT molecular complexity index is 1040. The molecular weight excluding hydrogens is 442 g/mol. The monoisotopic (exact) mass is 477 g/mol. The van der Waals surface area contributed by atoms with Crippen molar-refractivity contribution in [2.24, 2.45) is 23.7 Å². The van der Waals surface area contributed by atoms with E-state index < -0.39 is 35.4 Å². The third kappa shape index (κ3) is 4.90. The predicted octanol–water partition coefficient (Wildman–Crippen LogP) is 3.70. The molecule has 3 aliphatic rings. The van der Waals surface area contributed by atoms with E-state index in [9.17, 15) is 19.5 Å². The summed E-state index contributed by atoms with van der Waals surface area (Å²) in [4.78, 5) is 40.2. The summed E-state index contributed by atoms with van der Waals surface area (Å²) in [6.07, 6.45) is 9.06. The van der Waals surface area contributed by atoms with Crippen molar-refractivity contribution < 1.29 is 24.2 Å². The number of aliphatic hydroxyl groups is 1. The highest BCUT2D eigenvalue weighted by Crippen LogP contribution is 2.51. The minimum atomic E-state index is -1.67. The number of hydrogen-bond donors (Lipinski definition) is 2. The maximum atomic E-state index is 13.7. The number of ketones is 1. The molecule has 7 unspecified atom stereocenters. The van der Waals surface area contributed by atoms with E-state index in [0.717, 1.165) is 24.8 Å². The summed E-state index contributed by atoms with van der Waals surface area (Å²) in [6, 6.07) is 9.47. The number of carbonyl (C=O) groups is 3. The van der Waals surface area contributed by atoms with Gasteiger partial charge in [0.1, 0.15) is 0 Å². The lowest BCUT2D eigenvalue weighted by Gasteiger charge is -2.45. The maximum Gasteiger partial charge on any atom is 0.331 e. The van der Waals surface area contributed by atoms with Gasteiger partial charge >= 0.3 is 5.97 Å². The van der Waals surface area contributed by atoms with E-state index in [1.165, 1.54) is 12.2 Å². The number of allylic oxidation sites excluding steroid dienone is 2. The van der Waals surface area contributed by atoms with Gasteiger partial charge in [-0.15, -0.1) is 0 Å². The third-order valence-electron chi connectivity index (χ3n) is 7.84. The fourth-order valence-electron chi connectivity index (χ4n) is 5.91. The quantitative estimate of drug-likeness (QED) is 0.385. The number of benzene rings is 1. The Labute approximate surface area is 207 Å². The van der Waals surface area contributed by atoms with Gasteiger partial charge in [-0.25, -0.2) is 4.79 Å². The molecular formula is C29H35NO5. The highest BCUT2D eigenvalue weighted by atomic mass is 16.6. The third-order valence-corrected chi connectivity index (χ3v) is 7.84. The summed E-state index contributed by atoms with van der Waals surface area (Å²) in [5.41, 5.74) is -0.181. The molecule has 2 heterocycles. The van der Waals surface area contributed by atoms with Crippen molar-refractivity contribution in [2.45, 2.75) is 63.7 Å². The van der Waals surface area contributed by atoms with Crippen molar-refractivity contribution in [2.75, 3.05) is 0 Å². The summed E-state index contributed by atoms with van der Waals surface area (Å²) >= 11 is 0. The van der Waals surface area contributed by atoms with E-state index in [1.54, 1.807) is 6.08 Å². The minimum absolute atomic E-state index is 0.267. The lowest BCUT2D eigenvalue weighted by molar-refractivity contribution is -0.177. The SMILES string of the molecule is C=C1C(=O)C2C=CCC(C)CCCC(O)C=CC(=O)OC23C(=O)NC(Cc2ccccc2)C3C1C. The summed E-state index contributed by atoms with van der Waals surface area (Å²) in [7, 11) is 0. The smallest absolute Gasteiger partial charge is 0.331 e. The maximum absolute atomic E-state index is 13.7. The second-order valence-corrected chi connectivity index (χ2v) is 10.3. The number of esters is 1. The van der Waals surface area contributed by atoms with Gasteiger partial charge in [0, 0.05) is 18.0 Å². The van der Waals surface area contributed by atoms with Crippen molar-refractivity contribution in [3.63, 3.8) is 0 Å². The van der Waals surface area contributed by atoms with Crippen molar-refractivity contribution in [1.82, 2.24) is 5.32 Å². The first-order valence-electron chi connectivity index (χ1n) is 12.6. The Morgan fingerprint density at radius 1 is 1.11 bits per heavy atom. The molecule has 35 heavy (non-hydrogen) atoms. The lowest BCUT2D eigenvalue weighted by Crippen LogP contribution is -2.60. The molecule has 1 spiro atoms. The highest BCUT2D eigenvalue weighted by molar-refractivity contribution is 6.07. The minimum Gasteiger partial charge on any atom is -0.444 e. The van der Waals surface area contributed by atoms with Crippen LogP contribution in [0.5, 0.6) is 0 Å².